The highest BCUT2D eigenvalue weighted by atomic mass is 16.3. The van der Waals surface area contributed by atoms with Crippen molar-refractivity contribution in [1.82, 2.24) is 0 Å². The first-order valence-corrected chi connectivity index (χ1v) is 5.86. The number of hydrogen-bond acceptors (Lipinski definition) is 1. The lowest BCUT2D eigenvalue weighted by Crippen LogP contribution is -2.07. The zero-order valence-corrected chi connectivity index (χ0v) is 10.2. The van der Waals surface area contributed by atoms with Crippen LogP contribution in [0, 0.1) is 12.8 Å². The van der Waals surface area contributed by atoms with Gasteiger partial charge < -0.3 is 5.11 Å². The lowest BCUT2D eigenvalue weighted by molar-refractivity contribution is 0.418. The van der Waals surface area contributed by atoms with Crippen LogP contribution in [-0.2, 0) is 0 Å². The Morgan fingerprint density at radius 2 is 1.93 bits per heavy atom. The maximum Gasteiger partial charge on any atom is 0.121 e. The van der Waals surface area contributed by atoms with Gasteiger partial charge in [-0.3, -0.25) is 0 Å². The number of rotatable bonds is 4. The largest absolute Gasteiger partial charge is 0.507 e. The second-order valence-corrected chi connectivity index (χ2v) is 4.65. The molecule has 1 N–H and O–H groups in total. The van der Waals surface area contributed by atoms with E-state index in [0.29, 0.717) is 17.6 Å². The number of phenols is 1. The second kappa shape index (κ2) is 5.20. The highest BCUT2D eigenvalue weighted by Crippen LogP contribution is 2.36. The van der Waals surface area contributed by atoms with E-state index < -0.39 is 0 Å². The molecule has 1 nitrogen and oxygen atoms in total. The van der Waals surface area contributed by atoms with E-state index in [-0.39, 0.29) is 0 Å². The van der Waals surface area contributed by atoms with Crippen molar-refractivity contribution in [2.75, 3.05) is 0 Å². The van der Waals surface area contributed by atoms with Crippen LogP contribution in [0.25, 0.3) is 0 Å². The first-order chi connectivity index (χ1) is 7.07. The highest BCUT2D eigenvalue weighted by molar-refractivity contribution is 5.41. The van der Waals surface area contributed by atoms with Gasteiger partial charge in [0.05, 0.1) is 0 Å². The Morgan fingerprint density at radius 3 is 2.47 bits per heavy atom. The molecule has 1 heteroatoms. The minimum absolute atomic E-state index is 0.481. The third-order valence-corrected chi connectivity index (χ3v) is 3.07. The normalized spacial score (nSPS) is 13.1. The highest BCUT2D eigenvalue weighted by Gasteiger charge is 2.18. The zero-order chi connectivity index (χ0) is 11.4. The Kier molecular flexibility index (Phi) is 4.19. The SMILES string of the molecule is CCCC(c1cccc(C)c1O)C(C)C. The predicted molar refractivity (Wildman–Crippen MR) is 65.3 cm³/mol. The minimum Gasteiger partial charge on any atom is -0.507 e. The van der Waals surface area contributed by atoms with Crippen LogP contribution < -0.4 is 0 Å². The summed E-state index contributed by atoms with van der Waals surface area (Å²) < 4.78 is 0. The Labute approximate surface area is 93.1 Å². The lowest BCUT2D eigenvalue weighted by atomic mass is 9.84. The van der Waals surface area contributed by atoms with Gasteiger partial charge in [-0.25, -0.2) is 0 Å². The molecule has 1 aromatic carbocycles. The van der Waals surface area contributed by atoms with Crippen LogP contribution in [0.4, 0.5) is 0 Å². The fraction of sp³-hybridized carbons (Fsp3) is 0.571. The molecule has 0 spiro atoms. The summed E-state index contributed by atoms with van der Waals surface area (Å²) in [6.07, 6.45) is 2.31. The van der Waals surface area contributed by atoms with E-state index in [1.165, 1.54) is 0 Å². The fourth-order valence-corrected chi connectivity index (χ4v) is 2.14. The summed E-state index contributed by atoms with van der Waals surface area (Å²) in [7, 11) is 0. The van der Waals surface area contributed by atoms with Crippen molar-refractivity contribution in [3.63, 3.8) is 0 Å². The fourth-order valence-electron chi connectivity index (χ4n) is 2.14. The number of phenolic OH excluding ortho intramolecular Hbond substituents is 1. The van der Waals surface area contributed by atoms with Gasteiger partial charge in [0, 0.05) is 0 Å². The molecule has 0 radical (unpaired) electrons. The van der Waals surface area contributed by atoms with Crippen LogP contribution in [0.3, 0.4) is 0 Å². The maximum atomic E-state index is 10.0. The molecule has 0 saturated heterocycles. The molecular weight excluding hydrogens is 184 g/mol. The molecule has 1 unspecified atom stereocenters. The Bertz CT molecular complexity index is 315. The van der Waals surface area contributed by atoms with Crippen molar-refractivity contribution in [3.8, 4) is 5.75 Å². The number of hydrogen-bond donors (Lipinski definition) is 1. The Morgan fingerprint density at radius 1 is 1.27 bits per heavy atom. The Hall–Kier alpha value is -0.980. The molecule has 0 saturated carbocycles. The number of benzene rings is 1. The van der Waals surface area contributed by atoms with Gasteiger partial charge in [-0.2, -0.15) is 0 Å². The molecule has 0 fully saturated rings. The summed E-state index contributed by atoms with van der Waals surface area (Å²) in [5.74, 6) is 1.55. The summed E-state index contributed by atoms with van der Waals surface area (Å²) >= 11 is 0. The van der Waals surface area contributed by atoms with Gasteiger partial charge in [0.25, 0.3) is 0 Å². The van der Waals surface area contributed by atoms with Gasteiger partial charge in [-0.15, -0.1) is 0 Å². The minimum atomic E-state index is 0.481. The molecular formula is C14H22O. The van der Waals surface area contributed by atoms with Crippen molar-refractivity contribution in [1.29, 1.82) is 0 Å². The van der Waals surface area contributed by atoms with Crippen LogP contribution >= 0.6 is 0 Å². The first-order valence-electron chi connectivity index (χ1n) is 5.86. The first kappa shape index (κ1) is 12.1. The van der Waals surface area contributed by atoms with Crippen LogP contribution in [0.15, 0.2) is 18.2 Å². The summed E-state index contributed by atoms with van der Waals surface area (Å²) in [5, 5.41) is 10.0. The molecule has 1 rings (SSSR count). The van der Waals surface area contributed by atoms with Gasteiger partial charge in [0.15, 0.2) is 0 Å². The number of para-hydroxylation sites is 1. The standard InChI is InChI=1S/C14H22O/c1-5-7-12(10(2)3)13-9-6-8-11(4)14(13)15/h6,8-10,12,15H,5,7H2,1-4H3. The van der Waals surface area contributed by atoms with Crippen molar-refractivity contribution in [2.45, 2.75) is 46.5 Å². The van der Waals surface area contributed by atoms with Gasteiger partial charge in [0.1, 0.15) is 5.75 Å². The van der Waals surface area contributed by atoms with Gasteiger partial charge >= 0.3 is 0 Å². The number of aromatic hydroxyl groups is 1. The average Bonchev–Trinajstić information content (AvgIpc) is 2.19. The quantitative estimate of drug-likeness (QED) is 0.781. The van der Waals surface area contributed by atoms with Crippen LogP contribution in [0.5, 0.6) is 5.75 Å². The van der Waals surface area contributed by atoms with Gasteiger partial charge in [-0.05, 0) is 36.3 Å². The van der Waals surface area contributed by atoms with Crippen molar-refractivity contribution in [3.05, 3.63) is 29.3 Å². The lowest BCUT2D eigenvalue weighted by Gasteiger charge is -2.22. The Balaban J connectivity index is 3.05. The number of aryl methyl sites for hydroxylation is 1. The van der Waals surface area contributed by atoms with Crippen molar-refractivity contribution < 1.29 is 5.11 Å². The van der Waals surface area contributed by atoms with Gasteiger partial charge in [-0.1, -0.05) is 45.4 Å². The zero-order valence-electron chi connectivity index (χ0n) is 10.2. The van der Waals surface area contributed by atoms with Crippen molar-refractivity contribution >= 4 is 0 Å². The average molecular weight is 206 g/mol. The molecule has 0 bridgehead atoms. The molecule has 15 heavy (non-hydrogen) atoms. The molecule has 1 aromatic rings. The smallest absolute Gasteiger partial charge is 0.121 e. The van der Waals surface area contributed by atoms with Crippen LogP contribution in [0.1, 0.15) is 50.7 Å². The predicted octanol–water partition coefficient (Wildman–Crippen LogP) is 4.24. The van der Waals surface area contributed by atoms with Crippen LogP contribution in [0.2, 0.25) is 0 Å². The molecule has 0 aliphatic carbocycles. The van der Waals surface area contributed by atoms with Gasteiger partial charge in [0.2, 0.25) is 0 Å². The van der Waals surface area contributed by atoms with E-state index in [9.17, 15) is 5.11 Å². The topological polar surface area (TPSA) is 20.2 Å². The monoisotopic (exact) mass is 206 g/mol. The third kappa shape index (κ3) is 2.74. The van der Waals surface area contributed by atoms with Crippen LogP contribution in [-0.4, -0.2) is 5.11 Å². The summed E-state index contributed by atoms with van der Waals surface area (Å²) in [4.78, 5) is 0. The van der Waals surface area contributed by atoms with Crippen molar-refractivity contribution in [2.24, 2.45) is 5.92 Å². The summed E-state index contributed by atoms with van der Waals surface area (Å²) in [6.45, 7) is 8.61. The van der Waals surface area contributed by atoms with E-state index in [1.807, 2.05) is 19.1 Å². The molecule has 0 aliphatic heterocycles. The molecule has 84 valence electrons. The summed E-state index contributed by atoms with van der Waals surface area (Å²) in [5.41, 5.74) is 2.10. The van der Waals surface area contributed by atoms with E-state index in [2.05, 4.69) is 26.8 Å². The second-order valence-electron chi connectivity index (χ2n) is 4.65. The molecule has 0 aromatic heterocycles. The molecule has 0 heterocycles. The van der Waals surface area contributed by atoms with E-state index >= 15 is 0 Å². The summed E-state index contributed by atoms with van der Waals surface area (Å²) in [6, 6.07) is 6.06. The molecule has 0 amide bonds. The third-order valence-electron chi connectivity index (χ3n) is 3.07. The van der Waals surface area contributed by atoms with E-state index in [1.54, 1.807) is 0 Å². The molecule has 0 aliphatic rings. The van der Waals surface area contributed by atoms with E-state index in [0.717, 1.165) is 24.0 Å². The van der Waals surface area contributed by atoms with E-state index in [4.69, 9.17) is 0 Å². The maximum absolute atomic E-state index is 10.0. The molecule has 1 atom stereocenters.